The van der Waals surface area contributed by atoms with Gasteiger partial charge in [0.2, 0.25) is 0 Å². The van der Waals surface area contributed by atoms with Gasteiger partial charge in [-0.3, -0.25) is 0 Å². The third-order valence-electron chi connectivity index (χ3n) is 5.67. The summed E-state index contributed by atoms with van der Waals surface area (Å²) >= 11 is 0. The summed E-state index contributed by atoms with van der Waals surface area (Å²) in [5.74, 6) is -3.22. The fourth-order valence-corrected chi connectivity index (χ4v) is 4.03. The molecule has 37 heavy (non-hydrogen) atoms. The molecule has 13 heteroatoms. The average Bonchev–Trinajstić information content (AvgIpc) is 3.40. The molecule has 1 aromatic carbocycles. The number of carbonyl (C=O) groups excluding carboxylic acids is 2. The van der Waals surface area contributed by atoms with E-state index >= 15 is 0 Å². The van der Waals surface area contributed by atoms with Gasteiger partial charge in [-0.25, -0.2) is 32.7 Å². The number of rotatable bonds is 10. The van der Waals surface area contributed by atoms with Crippen LogP contribution < -0.4 is 5.32 Å². The summed E-state index contributed by atoms with van der Waals surface area (Å²) in [6.45, 7) is 4.80. The van der Waals surface area contributed by atoms with Gasteiger partial charge in [-0.2, -0.15) is 0 Å². The molecule has 0 saturated carbocycles. The predicted molar refractivity (Wildman–Crippen MR) is 122 cm³/mol. The Hall–Kier alpha value is -3.29. The molecule has 1 atom stereocenters. The maximum atomic E-state index is 14.9. The van der Waals surface area contributed by atoms with Crippen molar-refractivity contribution in [2.24, 2.45) is 0 Å². The Morgan fingerprint density at radius 1 is 1.14 bits per heavy atom. The van der Waals surface area contributed by atoms with Crippen molar-refractivity contribution in [3.63, 3.8) is 0 Å². The maximum absolute atomic E-state index is 14.9. The number of benzene rings is 1. The first kappa shape index (κ1) is 28.3. The number of nitrogens with zero attached hydrogens (tertiary/aromatic N) is 2. The maximum Gasteiger partial charge on any atom is 0.356 e. The highest BCUT2D eigenvalue weighted by Crippen LogP contribution is 2.40. The zero-order chi connectivity index (χ0) is 27.3. The summed E-state index contributed by atoms with van der Waals surface area (Å²) in [5, 5.41) is 2.96. The van der Waals surface area contributed by atoms with Gasteiger partial charge < -0.3 is 29.0 Å². The summed E-state index contributed by atoms with van der Waals surface area (Å²) < 4.78 is 68.2. The zero-order valence-corrected chi connectivity index (χ0v) is 21.0. The average molecular weight is 527 g/mol. The highest BCUT2D eigenvalue weighted by atomic mass is 19.3. The highest BCUT2D eigenvalue weighted by Gasteiger charge is 2.56. The SMILES string of the molecule is CCOC(C(=O)OC)(C(=O)OC)c1nc(C)nc(N[C@H](C)c2cccc(C(F)F)c2F)c1C1OCCO1. The van der Waals surface area contributed by atoms with Crippen LogP contribution in [0, 0.1) is 12.7 Å². The van der Waals surface area contributed by atoms with Gasteiger partial charge in [0.15, 0.2) is 6.29 Å². The number of halogens is 3. The number of hydrogen-bond donors (Lipinski definition) is 1. The van der Waals surface area contributed by atoms with E-state index in [0.717, 1.165) is 20.3 Å². The van der Waals surface area contributed by atoms with Crippen LogP contribution >= 0.6 is 0 Å². The molecule has 0 radical (unpaired) electrons. The van der Waals surface area contributed by atoms with E-state index in [2.05, 4.69) is 15.3 Å². The number of hydrogen-bond acceptors (Lipinski definition) is 10. The molecule has 1 aliphatic heterocycles. The van der Waals surface area contributed by atoms with E-state index in [9.17, 15) is 22.8 Å². The van der Waals surface area contributed by atoms with Crippen molar-refractivity contribution in [2.45, 2.75) is 45.1 Å². The van der Waals surface area contributed by atoms with Gasteiger partial charge in [-0.05, 0) is 20.8 Å². The molecular formula is C24H28F3N3O7. The Labute approximate surface area is 211 Å². The number of ether oxygens (including phenoxy) is 5. The van der Waals surface area contributed by atoms with Crippen LogP contribution in [-0.2, 0) is 38.9 Å². The first-order valence-corrected chi connectivity index (χ1v) is 11.4. The molecule has 1 aliphatic rings. The van der Waals surface area contributed by atoms with Gasteiger partial charge >= 0.3 is 17.5 Å². The van der Waals surface area contributed by atoms with Gasteiger partial charge in [0, 0.05) is 12.2 Å². The summed E-state index contributed by atoms with van der Waals surface area (Å²) in [6.07, 6.45) is -4.17. The topological polar surface area (TPSA) is 118 Å². The largest absolute Gasteiger partial charge is 0.466 e. The summed E-state index contributed by atoms with van der Waals surface area (Å²) in [6, 6.07) is 2.76. The molecule has 0 unspecified atom stereocenters. The molecule has 2 heterocycles. The third kappa shape index (κ3) is 5.38. The van der Waals surface area contributed by atoms with E-state index < -0.39 is 47.7 Å². The number of nitrogens with one attached hydrogen (secondary N) is 1. The smallest absolute Gasteiger partial charge is 0.356 e. The Morgan fingerprint density at radius 3 is 2.27 bits per heavy atom. The van der Waals surface area contributed by atoms with Crippen molar-refractivity contribution in [3.05, 3.63) is 52.2 Å². The quantitative estimate of drug-likeness (QED) is 0.362. The standard InChI is InChI=1S/C24H28F3N3O7/c1-6-37-24(22(31)33-4,23(32)34-5)18-16(21-35-10-11-36-21)20(30-13(3)29-18)28-12(2)14-8-7-9-15(17(14)25)19(26)27/h7-9,12,19,21H,6,10-11H2,1-5H3,(H,28,29,30)/t12-/m1/s1. The second-order valence-electron chi connectivity index (χ2n) is 7.97. The summed E-state index contributed by atoms with van der Waals surface area (Å²) in [4.78, 5) is 34.8. The minimum absolute atomic E-state index is 0.000587. The molecule has 1 aromatic heterocycles. The van der Waals surface area contributed by atoms with Gasteiger partial charge in [0.05, 0.1) is 44.6 Å². The lowest BCUT2D eigenvalue weighted by atomic mass is 9.93. The minimum Gasteiger partial charge on any atom is -0.466 e. The number of methoxy groups -OCH3 is 2. The normalized spacial score (nSPS) is 15.1. The Balaban J connectivity index is 2.25. The Morgan fingerprint density at radius 2 is 1.73 bits per heavy atom. The lowest BCUT2D eigenvalue weighted by molar-refractivity contribution is -0.190. The molecule has 0 aliphatic carbocycles. The Kier molecular flexibility index (Phi) is 9.05. The Bertz CT molecular complexity index is 1130. The molecule has 0 spiro atoms. The number of carbonyl (C=O) groups is 2. The fraction of sp³-hybridized carbons (Fsp3) is 0.500. The minimum atomic E-state index is -3.01. The lowest BCUT2D eigenvalue weighted by Crippen LogP contribution is -2.49. The molecule has 0 amide bonds. The van der Waals surface area contributed by atoms with Crippen molar-refractivity contribution < 1.29 is 46.4 Å². The van der Waals surface area contributed by atoms with Crippen molar-refractivity contribution in [2.75, 3.05) is 39.4 Å². The van der Waals surface area contributed by atoms with Crippen molar-refractivity contribution in [3.8, 4) is 0 Å². The summed E-state index contributed by atoms with van der Waals surface area (Å²) in [7, 11) is 2.13. The van der Waals surface area contributed by atoms with Crippen molar-refractivity contribution in [1.82, 2.24) is 9.97 Å². The number of anilines is 1. The lowest BCUT2D eigenvalue weighted by Gasteiger charge is -2.31. The number of esters is 2. The van der Waals surface area contributed by atoms with Crippen LogP contribution in [0.15, 0.2) is 18.2 Å². The highest BCUT2D eigenvalue weighted by molar-refractivity contribution is 6.04. The molecular weight excluding hydrogens is 499 g/mol. The zero-order valence-electron chi connectivity index (χ0n) is 21.0. The summed E-state index contributed by atoms with van der Waals surface area (Å²) in [5.41, 5.74) is -3.54. The fourth-order valence-electron chi connectivity index (χ4n) is 4.03. The van der Waals surface area contributed by atoms with Crippen LogP contribution in [0.2, 0.25) is 0 Å². The van der Waals surface area contributed by atoms with E-state index in [4.69, 9.17) is 23.7 Å². The van der Waals surface area contributed by atoms with Gasteiger partial charge in [0.1, 0.15) is 23.2 Å². The van der Waals surface area contributed by atoms with Crippen LogP contribution in [0.3, 0.4) is 0 Å². The number of aromatic nitrogens is 2. The number of aryl methyl sites for hydroxylation is 1. The monoisotopic (exact) mass is 527 g/mol. The van der Waals surface area contributed by atoms with E-state index in [0.29, 0.717) is 0 Å². The van der Waals surface area contributed by atoms with Crippen molar-refractivity contribution >= 4 is 17.8 Å². The van der Waals surface area contributed by atoms with E-state index in [-0.39, 0.29) is 48.3 Å². The molecule has 3 rings (SSSR count). The van der Waals surface area contributed by atoms with Gasteiger partial charge in [0.25, 0.3) is 6.43 Å². The predicted octanol–water partition coefficient (Wildman–Crippen LogP) is 3.66. The molecule has 202 valence electrons. The van der Waals surface area contributed by atoms with Crippen LogP contribution in [0.1, 0.15) is 60.8 Å². The van der Waals surface area contributed by atoms with E-state index in [1.165, 1.54) is 26.0 Å². The van der Waals surface area contributed by atoms with Gasteiger partial charge in [-0.1, -0.05) is 18.2 Å². The van der Waals surface area contributed by atoms with Crippen molar-refractivity contribution in [1.29, 1.82) is 0 Å². The second-order valence-corrected chi connectivity index (χ2v) is 7.97. The number of alkyl halides is 2. The van der Waals surface area contributed by atoms with Crippen LogP contribution in [0.25, 0.3) is 0 Å². The molecule has 1 saturated heterocycles. The molecule has 1 N–H and O–H groups in total. The van der Waals surface area contributed by atoms with E-state index in [1.54, 1.807) is 6.92 Å². The second kappa shape index (κ2) is 11.8. The first-order chi connectivity index (χ1) is 17.6. The first-order valence-electron chi connectivity index (χ1n) is 11.4. The van der Waals surface area contributed by atoms with Crippen LogP contribution in [-0.4, -0.2) is 55.9 Å². The van der Waals surface area contributed by atoms with Crippen LogP contribution in [0.5, 0.6) is 0 Å². The molecule has 1 fully saturated rings. The molecule has 2 aromatic rings. The van der Waals surface area contributed by atoms with E-state index in [1.807, 2.05) is 0 Å². The molecule has 0 bridgehead atoms. The third-order valence-corrected chi connectivity index (χ3v) is 5.67. The molecule has 10 nitrogen and oxygen atoms in total. The van der Waals surface area contributed by atoms with Crippen LogP contribution in [0.4, 0.5) is 19.0 Å². The van der Waals surface area contributed by atoms with Gasteiger partial charge in [-0.15, -0.1) is 0 Å².